The number of nitrogens with one attached hydrogen (secondary N) is 1. The number of carbonyl (C=O) groups is 1. The van der Waals surface area contributed by atoms with Crippen molar-refractivity contribution in [3.05, 3.63) is 23.8 Å². The number of hydrogen-bond donors (Lipinski definition) is 2. The summed E-state index contributed by atoms with van der Waals surface area (Å²) in [5.41, 5.74) is 0.162. The Kier molecular flexibility index (Phi) is 6.15. The minimum absolute atomic E-state index is 0.0877. The van der Waals surface area contributed by atoms with Crippen LogP contribution >= 0.6 is 0 Å². The largest absolute Gasteiger partial charge is 0.507 e. The fraction of sp³-hybridized carbons (Fsp3) is 0.500. The van der Waals surface area contributed by atoms with Gasteiger partial charge in [0.05, 0.1) is 13.2 Å². The molecule has 1 rings (SSSR count). The number of carbonyl (C=O) groups excluding carboxylic acids is 1. The number of benzene rings is 1. The molecule has 0 fully saturated rings. The third-order valence-electron chi connectivity index (χ3n) is 2.51. The summed E-state index contributed by atoms with van der Waals surface area (Å²) in [4.78, 5) is 12.0. The molecule has 1 aromatic carbocycles. The van der Waals surface area contributed by atoms with Crippen molar-refractivity contribution < 1.29 is 19.4 Å². The Bertz CT molecular complexity index is 418. The number of ether oxygens (including phenoxy) is 2. The summed E-state index contributed by atoms with van der Waals surface area (Å²) in [6.45, 7) is 5.01. The van der Waals surface area contributed by atoms with Gasteiger partial charge in [0.25, 0.3) is 5.91 Å². The molecule has 0 radical (unpaired) electrons. The van der Waals surface area contributed by atoms with Gasteiger partial charge in [0.1, 0.15) is 17.1 Å². The second kappa shape index (κ2) is 7.63. The van der Waals surface area contributed by atoms with Crippen molar-refractivity contribution in [3.63, 3.8) is 0 Å². The van der Waals surface area contributed by atoms with E-state index >= 15 is 0 Å². The molecule has 0 heterocycles. The second-order valence-corrected chi connectivity index (χ2v) is 4.38. The molecule has 0 spiro atoms. The number of hydrogen-bond acceptors (Lipinski definition) is 4. The van der Waals surface area contributed by atoms with E-state index in [-0.39, 0.29) is 23.3 Å². The Balaban J connectivity index is 2.50. The van der Waals surface area contributed by atoms with Gasteiger partial charge in [-0.3, -0.25) is 4.79 Å². The molecule has 1 amide bonds. The fourth-order valence-electron chi connectivity index (χ4n) is 1.60. The predicted molar refractivity (Wildman–Crippen MR) is 72.7 cm³/mol. The first-order valence-corrected chi connectivity index (χ1v) is 6.32. The summed E-state index contributed by atoms with van der Waals surface area (Å²) in [6.07, 6.45) is 0.911. The minimum atomic E-state index is -0.348. The van der Waals surface area contributed by atoms with E-state index in [1.165, 1.54) is 13.2 Å². The summed E-state index contributed by atoms with van der Waals surface area (Å²) in [5, 5.41) is 12.4. The lowest BCUT2D eigenvalue weighted by molar-refractivity contribution is 0.0756. The van der Waals surface area contributed by atoms with E-state index in [9.17, 15) is 9.90 Å². The number of amides is 1. The van der Waals surface area contributed by atoms with E-state index in [0.717, 1.165) is 6.42 Å². The highest BCUT2D eigenvalue weighted by Crippen LogP contribution is 2.26. The van der Waals surface area contributed by atoms with Crippen LogP contribution in [-0.2, 0) is 4.74 Å². The average Bonchev–Trinajstić information content (AvgIpc) is 2.37. The SMILES string of the molecule is COc1cccc(O)c1C(=O)NCCCOC(C)C. The molecule has 2 N–H and O–H groups in total. The maximum absolute atomic E-state index is 12.0. The van der Waals surface area contributed by atoms with Crippen LogP contribution in [0.2, 0.25) is 0 Å². The zero-order valence-electron chi connectivity index (χ0n) is 11.6. The monoisotopic (exact) mass is 267 g/mol. The van der Waals surface area contributed by atoms with Gasteiger partial charge in [-0.05, 0) is 32.4 Å². The van der Waals surface area contributed by atoms with E-state index in [0.29, 0.717) is 18.9 Å². The molecule has 0 saturated heterocycles. The summed E-state index contributed by atoms with van der Waals surface area (Å²) >= 11 is 0. The highest BCUT2D eigenvalue weighted by molar-refractivity contribution is 5.99. The van der Waals surface area contributed by atoms with Gasteiger partial charge in [-0.25, -0.2) is 0 Å². The topological polar surface area (TPSA) is 67.8 Å². The molecule has 0 aromatic heterocycles. The molecular weight excluding hydrogens is 246 g/mol. The Morgan fingerprint density at radius 1 is 1.42 bits per heavy atom. The molecule has 1 aromatic rings. The van der Waals surface area contributed by atoms with Crippen molar-refractivity contribution in [3.8, 4) is 11.5 Å². The number of aromatic hydroxyl groups is 1. The molecule has 0 aliphatic heterocycles. The van der Waals surface area contributed by atoms with Crippen LogP contribution in [0.15, 0.2) is 18.2 Å². The van der Waals surface area contributed by atoms with Crippen molar-refractivity contribution in [2.75, 3.05) is 20.3 Å². The van der Waals surface area contributed by atoms with Crippen LogP contribution < -0.4 is 10.1 Å². The van der Waals surface area contributed by atoms with Crippen molar-refractivity contribution in [1.29, 1.82) is 0 Å². The van der Waals surface area contributed by atoms with Crippen LogP contribution in [0.1, 0.15) is 30.6 Å². The zero-order chi connectivity index (χ0) is 14.3. The molecule has 0 atom stereocenters. The molecule has 19 heavy (non-hydrogen) atoms. The molecule has 0 saturated carbocycles. The molecule has 0 aliphatic rings. The maximum Gasteiger partial charge on any atom is 0.258 e. The number of methoxy groups -OCH3 is 1. The highest BCUT2D eigenvalue weighted by atomic mass is 16.5. The molecule has 106 valence electrons. The fourth-order valence-corrected chi connectivity index (χ4v) is 1.60. The lowest BCUT2D eigenvalue weighted by Crippen LogP contribution is -2.26. The Hall–Kier alpha value is -1.75. The van der Waals surface area contributed by atoms with Gasteiger partial charge in [-0.2, -0.15) is 0 Å². The van der Waals surface area contributed by atoms with E-state index in [1.807, 2.05) is 13.8 Å². The third-order valence-corrected chi connectivity index (χ3v) is 2.51. The third kappa shape index (κ3) is 4.79. The zero-order valence-corrected chi connectivity index (χ0v) is 11.6. The molecule has 5 nitrogen and oxygen atoms in total. The second-order valence-electron chi connectivity index (χ2n) is 4.38. The van der Waals surface area contributed by atoms with Crippen molar-refractivity contribution in [2.45, 2.75) is 26.4 Å². The van der Waals surface area contributed by atoms with Crippen LogP contribution in [0, 0.1) is 0 Å². The van der Waals surface area contributed by atoms with Gasteiger partial charge in [0.2, 0.25) is 0 Å². The summed E-state index contributed by atoms with van der Waals surface area (Å²) in [6, 6.07) is 4.72. The van der Waals surface area contributed by atoms with Gasteiger partial charge in [-0.15, -0.1) is 0 Å². The van der Waals surface area contributed by atoms with Crippen LogP contribution in [0.3, 0.4) is 0 Å². The van der Waals surface area contributed by atoms with E-state index < -0.39 is 0 Å². The molecule has 0 aliphatic carbocycles. The van der Waals surface area contributed by atoms with Gasteiger partial charge in [0.15, 0.2) is 0 Å². The van der Waals surface area contributed by atoms with Crippen LogP contribution in [-0.4, -0.2) is 37.4 Å². The van der Waals surface area contributed by atoms with E-state index in [2.05, 4.69) is 5.32 Å². The lowest BCUT2D eigenvalue weighted by atomic mass is 10.1. The smallest absolute Gasteiger partial charge is 0.258 e. The van der Waals surface area contributed by atoms with Gasteiger partial charge < -0.3 is 19.9 Å². The van der Waals surface area contributed by atoms with Crippen LogP contribution in [0.25, 0.3) is 0 Å². The minimum Gasteiger partial charge on any atom is -0.507 e. The highest BCUT2D eigenvalue weighted by Gasteiger charge is 2.16. The van der Waals surface area contributed by atoms with Crippen LogP contribution in [0.4, 0.5) is 0 Å². The maximum atomic E-state index is 12.0. The van der Waals surface area contributed by atoms with E-state index in [1.54, 1.807) is 12.1 Å². The van der Waals surface area contributed by atoms with Crippen LogP contribution in [0.5, 0.6) is 11.5 Å². The van der Waals surface area contributed by atoms with Gasteiger partial charge in [-0.1, -0.05) is 6.07 Å². The number of phenolic OH excluding ortho intramolecular Hbond substituents is 1. The Morgan fingerprint density at radius 2 is 2.16 bits per heavy atom. The normalized spacial score (nSPS) is 10.5. The number of rotatable bonds is 7. The first-order chi connectivity index (χ1) is 9.06. The molecule has 0 unspecified atom stereocenters. The first-order valence-electron chi connectivity index (χ1n) is 6.32. The quantitative estimate of drug-likeness (QED) is 0.741. The standard InChI is InChI=1S/C14H21NO4/c1-10(2)19-9-5-8-15-14(17)13-11(16)6-4-7-12(13)18-3/h4,6-7,10,16H,5,8-9H2,1-3H3,(H,15,17). The summed E-state index contributed by atoms with van der Waals surface area (Å²) in [7, 11) is 1.46. The Labute approximate surface area is 113 Å². The number of phenols is 1. The molecular formula is C14H21NO4. The summed E-state index contributed by atoms with van der Waals surface area (Å²) < 4.78 is 10.4. The van der Waals surface area contributed by atoms with E-state index in [4.69, 9.17) is 9.47 Å². The van der Waals surface area contributed by atoms with Crippen molar-refractivity contribution >= 4 is 5.91 Å². The van der Waals surface area contributed by atoms with Crippen molar-refractivity contribution in [2.24, 2.45) is 0 Å². The average molecular weight is 267 g/mol. The predicted octanol–water partition coefficient (Wildman–Crippen LogP) is 1.95. The molecule has 5 heteroatoms. The van der Waals surface area contributed by atoms with Crippen molar-refractivity contribution in [1.82, 2.24) is 5.32 Å². The molecule has 0 bridgehead atoms. The van der Waals surface area contributed by atoms with Gasteiger partial charge in [0, 0.05) is 13.2 Å². The first kappa shape index (κ1) is 15.3. The Morgan fingerprint density at radius 3 is 2.79 bits per heavy atom. The van der Waals surface area contributed by atoms with Gasteiger partial charge >= 0.3 is 0 Å². The summed E-state index contributed by atoms with van der Waals surface area (Å²) in [5.74, 6) is -0.0780. The lowest BCUT2D eigenvalue weighted by Gasteiger charge is -2.11.